The van der Waals surface area contributed by atoms with Gasteiger partial charge in [0.15, 0.2) is 6.10 Å². The lowest BCUT2D eigenvalue weighted by Gasteiger charge is -2.29. The zero-order valence-corrected chi connectivity index (χ0v) is 16.6. The molecule has 2 aromatic rings. The number of fused-ring (bicyclic) bond motifs is 1. The molecular formula is C21H24N2O4S. The summed E-state index contributed by atoms with van der Waals surface area (Å²) < 4.78 is 32.8. The van der Waals surface area contributed by atoms with Crippen molar-refractivity contribution in [3.8, 4) is 5.75 Å². The van der Waals surface area contributed by atoms with Gasteiger partial charge in [-0.25, -0.2) is 8.42 Å². The topological polar surface area (TPSA) is 75.7 Å². The molecule has 7 heteroatoms. The number of hydrogen-bond donors (Lipinski definition) is 1. The van der Waals surface area contributed by atoms with Crippen molar-refractivity contribution >= 4 is 21.6 Å². The molecule has 1 amide bonds. The molecule has 0 unspecified atom stereocenters. The van der Waals surface area contributed by atoms with Crippen molar-refractivity contribution in [2.45, 2.75) is 37.2 Å². The molecule has 2 heterocycles. The van der Waals surface area contributed by atoms with Gasteiger partial charge in [-0.1, -0.05) is 25.1 Å². The first-order valence-corrected chi connectivity index (χ1v) is 11.0. The Hall–Kier alpha value is -2.38. The van der Waals surface area contributed by atoms with Gasteiger partial charge in [0, 0.05) is 25.2 Å². The summed E-state index contributed by atoms with van der Waals surface area (Å²) in [6.45, 7) is 3.26. The smallest absolute Gasteiger partial charge is 0.265 e. The predicted molar refractivity (Wildman–Crippen MR) is 107 cm³/mol. The maximum absolute atomic E-state index is 12.8. The van der Waals surface area contributed by atoms with Crippen LogP contribution in [-0.4, -0.2) is 37.8 Å². The maximum Gasteiger partial charge on any atom is 0.265 e. The lowest BCUT2D eigenvalue weighted by Crippen LogP contribution is -2.37. The molecule has 1 atom stereocenters. The van der Waals surface area contributed by atoms with Gasteiger partial charge in [0.1, 0.15) is 5.75 Å². The number of piperidine rings is 1. The predicted octanol–water partition coefficient (Wildman–Crippen LogP) is 3.05. The number of rotatable bonds is 4. The SMILES string of the molecule is CC1CCN(S(=O)(=O)c2ccc(NC(=O)[C@@H]3Cc4ccccc4O3)cc2)CC1. The highest BCUT2D eigenvalue weighted by molar-refractivity contribution is 7.89. The first-order valence-electron chi connectivity index (χ1n) is 9.59. The summed E-state index contributed by atoms with van der Waals surface area (Å²) in [4.78, 5) is 12.7. The molecule has 0 bridgehead atoms. The second-order valence-corrected chi connectivity index (χ2v) is 9.46. The molecule has 0 aromatic heterocycles. The van der Waals surface area contributed by atoms with Crippen LogP contribution in [0.1, 0.15) is 25.3 Å². The number of hydrogen-bond acceptors (Lipinski definition) is 4. The van der Waals surface area contributed by atoms with Gasteiger partial charge in [0.2, 0.25) is 10.0 Å². The van der Waals surface area contributed by atoms with Crippen LogP contribution >= 0.6 is 0 Å². The number of amides is 1. The zero-order chi connectivity index (χ0) is 19.7. The molecule has 148 valence electrons. The van der Waals surface area contributed by atoms with Gasteiger partial charge in [-0.15, -0.1) is 0 Å². The largest absolute Gasteiger partial charge is 0.480 e. The number of para-hydroxylation sites is 1. The Balaban J connectivity index is 1.40. The van der Waals surface area contributed by atoms with Crippen molar-refractivity contribution in [3.63, 3.8) is 0 Å². The van der Waals surface area contributed by atoms with E-state index in [1.807, 2.05) is 24.3 Å². The molecule has 0 saturated carbocycles. The Kier molecular flexibility index (Phi) is 5.12. The quantitative estimate of drug-likeness (QED) is 0.856. The average Bonchev–Trinajstić information content (AvgIpc) is 3.13. The molecule has 0 spiro atoms. The molecule has 4 rings (SSSR count). The minimum absolute atomic E-state index is 0.239. The van der Waals surface area contributed by atoms with E-state index in [4.69, 9.17) is 4.74 Å². The lowest BCUT2D eigenvalue weighted by molar-refractivity contribution is -0.122. The van der Waals surface area contributed by atoms with Crippen LogP contribution in [0, 0.1) is 5.92 Å². The fourth-order valence-corrected chi connectivity index (χ4v) is 5.11. The number of carbonyl (C=O) groups excluding carboxylic acids is 1. The van der Waals surface area contributed by atoms with Gasteiger partial charge < -0.3 is 10.1 Å². The third kappa shape index (κ3) is 3.77. The first-order chi connectivity index (χ1) is 13.4. The van der Waals surface area contributed by atoms with Crippen LogP contribution in [0.3, 0.4) is 0 Å². The number of benzene rings is 2. The van der Waals surface area contributed by atoms with Crippen molar-refractivity contribution in [1.82, 2.24) is 4.31 Å². The van der Waals surface area contributed by atoms with Crippen LogP contribution in [0.2, 0.25) is 0 Å². The molecule has 1 saturated heterocycles. The highest BCUT2D eigenvalue weighted by Gasteiger charge is 2.30. The van der Waals surface area contributed by atoms with Gasteiger partial charge >= 0.3 is 0 Å². The van der Waals surface area contributed by atoms with Crippen molar-refractivity contribution < 1.29 is 17.9 Å². The second kappa shape index (κ2) is 7.56. The zero-order valence-electron chi connectivity index (χ0n) is 15.8. The van der Waals surface area contributed by atoms with E-state index in [-0.39, 0.29) is 10.8 Å². The molecule has 1 fully saturated rings. The molecule has 6 nitrogen and oxygen atoms in total. The van der Waals surface area contributed by atoms with E-state index >= 15 is 0 Å². The van der Waals surface area contributed by atoms with Crippen molar-refractivity contribution in [2.75, 3.05) is 18.4 Å². The van der Waals surface area contributed by atoms with Gasteiger partial charge in [0.05, 0.1) is 4.90 Å². The third-order valence-electron chi connectivity index (χ3n) is 5.44. The second-order valence-electron chi connectivity index (χ2n) is 7.52. The third-order valence-corrected chi connectivity index (χ3v) is 7.35. The summed E-state index contributed by atoms with van der Waals surface area (Å²) in [5.74, 6) is 1.06. The van der Waals surface area contributed by atoms with Gasteiger partial charge in [-0.3, -0.25) is 4.79 Å². The molecule has 2 aliphatic rings. The average molecular weight is 401 g/mol. The lowest BCUT2D eigenvalue weighted by atomic mass is 10.0. The van der Waals surface area contributed by atoms with Crippen LogP contribution in [0.4, 0.5) is 5.69 Å². The van der Waals surface area contributed by atoms with Crippen LogP contribution in [0.25, 0.3) is 0 Å². The van der Waals surface area contributed by atoms with Gasteiger partial charge in [0.25, 0.3) is 5.91 Å². The number of sulfonamides is 1. The van der Waals surface area contributed by atoms with Crippen LogP contribution in [-0.2, 0) is 21.2 Å². The summed E-state index contributed by atoms with van der Waals surface area (Å²) in [5.41, 5.74) is 1.57. The monoisotopic (exact) mass is 400 g/mol. The molecule has 28 heavy (non-hydrogen) atoms. The molecule has 0 aliphatic carbocycles. The van der Waals surface area contributed by atoms with E-state index in [0.717, 1.165) is 24.2 Å². The molecule has 0 radical (unpaired) electrons. The Morgan fingerprint density at radius 3 is 2.43 bits per heavy atom. The van der Waals surface area contributed by atoms with Crippen LogP contribution in [0.15, 0.2) is 53.4 Å². The fourth-order valence-electron chi connectivity index (χ4n) is 3.64. The fraction of sp³-hybridized carbons (Fsp3) is 0.381. The molecule has 2 aliphatic heterocycles. The van der Waals surface area contributed by atoms with E-state index in [1.165, 1.54) is 0 Å². The molecule has 1 N–H and O–H groups in total. The normalized spacial score (nSPS) is 20.4. The number of anilines is 1. The highest BCUT2D eigenvalue weighted by Crippen LogP contribution is 2.29. The Labute approximate surface area is 165 Å². The number of ether oxygens (including phenoxy) is 1. The Morgan fingerprint density at radius 2 is 1.75 bits per heavy atom. The minimum Gasteiger partial charge on any atom is -0.480 e. The van der Waals surface area contributed by atoms with Crippen LogP contribution < -0.4 is 10.1 Å². The van der Waals surface area contributed by atoms with E-state index in [1.54, 1.807) is 28.6 Å². The van der Waals surface area contributed by atoms with E-state index < -0.39 is 16.1 Å². The summed E-state index contributed by atoms with van der Waals surface area (Å²) in [6.07, 6.45) is 1.73. The van der Waals surface area contributed by atoms with Gasteiger partial charge in [-0.2, -0.15) is 4.31 Å². The first kappa shape index (κ1) is 19.0. The Morgan fingerprint density at radius 1 is 1.07 bits per heavy atom. The van der Waals surface area contributed by atoms with Crippen molar-refractivity contribution in [1.29, 1.82) is 0 Å². The standard InChI is InChI=1S/C21H24N2O4S/c1-15-10-12-23(13-11-15)28(25,26)18-8-6-17(7-9-18)22-21(24)20-14-16-4-2-3-5-19(16)27-20/h2-9,15,20H,10-14H2,1H3,(H,22,24)/t20-/m0/s1. The summed E-state index contributed by atoms with van der Waals surface area (Å²) in [7, 11) is -3.49. The molecule has 2 aromatic carbocycles. The van der Waals surface area contributed by atoms with E-state index in [2.05, 4.69) is 12.2 Å². The number of nitrogens with one attached hydrogen (secondary N) is 1. The van der Waals surface area contributed by atoms with Crippen molar-refractivity contribution in [3.05, 3.63) is 54.1 Å². The maximum atomic E-state index is 12.8. The highest BCUT2D eigenvalue weighted by atomic mass is 32.2. The van der Waals surface area contributed by atoms with E-state index in [0.29, 0.717) is 31.1 Å². The van der Waals surface area contributed by atoms with Gasteiger partial charge in [-0.05, 0) is 54.7 Å². The van der Waals surface area contributed by atoms with E-state index in [9.17, 15) is 13.2 Å². The van der Waals surface area contributed by atoms with Crippen LogP contribution in [0.5, 0.6) is 5.75 Å². The van der Waals surface area contributed by atoms with Crippen molar-refractivity contribution in [2.24, 2.45) is 5.92 Å². The summed E-state index contributed by atoms with van der Waals surface area (Å²) in [5, 5.41) is 2.81. The molecular weight excluding hydrogens is 376 g/mol. The summed E-state index contributed by atoms with van der Waals surface area (Å²) >= 11 is 0. The Bertz CT molecular complexity index is 939. The number of carbonyl (C=O) groups is 1. The number of nitrogens with zero attached hydrogens (tertiary/aromatic N) is 1. The minimum atomic E-state index is -3.49. The summed E-state index contributed by atoms with van der Waals surface area (Å²) in [6, 6.07) is 13.9.